The minimum absolute atomic E-state index is 0.0659. The third kappa shape index (κ3) is 38.7. The van der Waals surface area contributed by atoms with Crippen LogP contribution in [-0.2, 0) is 28.6 Å². The highest BCUT2D eigenvalue weighted by molar-refractivity contribution is 5.71. The molecule has 6 heteroatoms. The van der Waals surface area contributed by atoms with Gasteiger partial charge in [0.15, 0.2) is 6.10 Å². The molecule has 0 saturated carbocycles. The Hall–Kier alpha value is -1.59. The van der Waals surface area contributed by atoms with E-state index in [2.05, 4.69) is 34.6 Å². The van der Waals surface area contributed by atoms with Crippen molar-refractivity contribution in [1.82, 2.24) is 0 Å². The lowest BCUT2D eigenvalue weighted by Crippen LogP contribution is -2.30. The zero-order chi connectivity index (χ0) is 39.7. The zero-order valence-corrected chi connectivity index (χ0v) is 36.8. The van der Waals surface area contributed by atoms with Gasteiger partial charge in [0.2, 0.25) is 0 Å². The highest BCUT2D eigenvalue weighted by atomic mass is 16.6. The number of rotatable bonds is 42. The molecule has 0 aromatic carbocycles. The van der Waals surface area contributed by atoms with Gasteiger partial charge in [-0.05, 0) is 31.1 Å². The highest BCUT2D eigenvalue weighted by Crippen LogP contribution is 2.17. The van der Waals surface area contributed by atoms with Gasteiger partial charge < -0.3 is 14.2 Å². The Balaban J connectivity index is 4.29. The molecule has 0 heterocycles. The topological polar surface area (TPSA) is 78.9 Å². The third-order valence-electron chi connectivity index (χ3n) is 11.4. The van der Waals surface area contributed by atoms with Crippen LogP contribution in [0, 0.1) is 11.8 Å². The molecule has 0 amide bonds. The van der Waals surface area contributed by atoms with Crippen LogP contribution in [0.4, 0.5) is 0 Å². The van der Waals surface area contributed by atoms with Crippen molar-refractivity contribution in [3.8, 4) is 0 Å². The summed E-state index contributed by atoms with van der Waals surface area (Å²) in [7, 11) is 0. The molecule has 0 bridgehead atoms. The molecule has 0 saturated heterocycles. The van der Waals surface area contributed by atoms with Gasteiger partial charge in [0.1, 0.15) is 13.2 Å². The fraction of sp³-hybridized carbons (Fsp3) is 0.938. The largest absolute Gasteiger partial charge is 0.462 e. The Labute approximate surface area is 336 Å². The van der Waals surface area contributed by atoms with Crippen LogP contribution < -0.4 is 0 Å². The summed E-state index contributed by atoms with van der Waals surface area (Å²) in [6.45, 7) is 11.3. The maximum absolute atomic E-state index is 12.7. The van der Waals surface area contributed by atoms with E-state index in [-0.39, 0.29) is 31.1 Å². The van der Waals surface area contributed by atoms with Gasteiger partial charge in [-0.1, -0.05) is 221 Å². The number of hydrogen-bond donors (Lipinski definition) is 0. The van der Waals surface area contributed by atoms with Gasteiger partial charge in [0.05, 0.1) is 0 Å². The molecule has 0 fully saturated rings. The third-order valence-corrected chi connectivity index (χ3v) is 11.4. The first kappa shape index (κ1) is 52.4. The second kappa shape index (κ2) is 41.1. The number of esters is 3. The summed E-state index contributed by atoms with van der Waals surface area (Å²) >= 11 is 0. The number of carbonyl (C=O) groups excluding carboxylic acids is 3. The van der Waals surface area contributed by atoms with E-state index in [1.807, 2.05) is 0 Å². The van der Waals surface area contributed by atoms with Gasteiger partial charge >= 0.3 is 17.9 Å². The van der Waals surface area contributed by atoms with Crippen LogP contribution in [0.3, 0.4) is 0 Å². The summed E-state index contributed by atoms with van der Waals surface area (Å²) in [5.74, 6) is 0.763. The van der Waals surface area contributed by atoms with Crippen LogP contribution in [0.2, 0.25) is 0 Å². The summed E-state index contributed by atoms with van der Waals surface area (Å²) in [4.78, 5) is 37.7. The van der Waals surface area contributed by atoms with Gasteiger partial charge in [-0.3, -0.25) is 14.4 Å². The predicted molar refractivity (Wildman–Crippen MR) is 229 cm³/mol. The van der Waals surface area contributed by atoms with Crippen LogP contribution in [0.5, 0.6) is 0 Å². The summed E-state index contributed by atoms with van der Waals surface area (Å²) in [5.41, 5.74) is 0. The van der Waals surface area contributed by atoms with Crippen LogP contribution in [-0.4, -0.2) is 37.2 Å². The smallest absolute Gasteiger partial charge is 0.306 e. The van der Waals surface area contributed by atoms with Crippen molar-refractivity contribution >= 4 is 17.9 Å². The van der Waals surface area contributed by atoms with Crippen LogP contribution in [0.1, 0.15) is 259 Å². The summed E-state index contributed by atoms with van der Waals surface area (Å²) in [6, 6.07) is 0. The van der Waals surface area contributed by atoms with E-state index in [1.54, 1.807) is 0 Å². The fourth-order valence-corrected chi connectivity index (χ4v) is 7.04. The van der Waals surface area contributed by atoms with Crippen molar-refractivity contribution < 1.29 is 28.6 Å². The lowest BCUT2D eigenvalue weighted by molar-refractivity contribution is -0.167. The maximum atomic E-state index is 12.7. The fourth-order valence-electron chi connectivity index (χ4n) is 7.04. The Bertz CT molecular complexity index is 828. The van der Waals surface area contributed by atoms with E-state index in [0.29, 0.717) is 19.3 Å². The van der Waals surface area contributed by atoms with Crippen LogP contribution >= 0.6 is 0 Å². The summed E-state index contributed by atoms with van der Waals surface area (Å²) in [6.07, 6.45) is 39.5. The molecule has 0 aliphatic heterocycles. The molecule has 0 aliphatic rings. The minimum atomic E-state index is -0.762. The van der Waals surface area contributed by atoms with Gasteiger partial charge in [-0.15, -0.1) is 0 Å². The molecule has 2 unspecified atom stereocenters. The van der Waals surface area contributed by atoms with E-state index >= 15 is 0 Å². The van der Waals surface area contributed by atoms with Crippen molar-refractivity contribution in [1.29, 1.82) is 0 Å². The van der Waals surface area contributed by atoms with Crippen molar-refractivity contribution in [2.75, 3.05) is 13.2 Å². The number of carbonyl (C=O) groups is 3. The maximum Gasteiger partial charge on any atom is 0.306 e. The van der Waals surface area contributed by atoms with E-state index < -0.39 is 6.10 Å². The van der Waals surface area contributed by atoms with Gasteiger partial charge in [0, 0.05) is 19.3 Å². The van der Waals surface area contributed by atoms with Crippen LogP contribution in [0.15, 0.2) is 0 Å². The number of ether oxygens (including phenoxy) is 3. The van der Waals surface area contributed by atoms with E-state index in [1.165, 1.54) is 148 Å². The first-order valence-electron chi connectivity index (χ1n) is 23.8. The summed E-state index contributed by atoms with van der Waals surface area (Å²) in [5, 5.41) is 0. The van der Waals surface area contributed by atoms with Gasteiger partial charge in [-0.25, -0.2) is 0 Å². The molecule has 0 N–H and O–H groups in total. The Morgan fingerprint density at radius 1 is 0.370 bits per heavy atom. The minimum Gasteiger partial charge on any atom is -0.462 e. The first-order chi connectivity index (χ1) is 26.3. The number of hydrogen-bond acceptors (Lipinski definition) is 6. The Kier molecular flexibility index (Phi) is 39.8. The van der Waals surface area contributed by atoms with Gasteiger partial charge in [-0.2, -0.15) is 0 Å². The molecule has 0 spiro atoms. The lowest BCUT2D eigenvalue weighted by Gasteiger charge is -2.18. The molecule has 320 valence electrons. The lowest BCUT2D eigenvalue weighted by atomic mass is 10.00. The monoisotopic (exact) mass is 765 g/mol. The molecular formula is C48H92O6. The van der Waals surface area contributed by atoms with E-state index in [4.69, 9.17) is 14.2 Å². The Morgan fingerprint density at radius 2 is 0.648 bits per heavy atom. The second-order valence-corrected chi connectivity index (χ2v) is 16.9. The van der Waals surface area contributed by atoms with Crippen LogP contribution in [0.25, 0.3) is 0 Å². The first-order valence-corrected chi connectivity index (χ1v) is 23.8. The normalized spacial score (nSPS) is 13.1. The predicted octanol–water partition coefficient (Wildman–Crippen LogP) is 15.0. The molecular weight excluding hydrogens is 673 g/mol. The second-order valence-electron chi connectivity index (χ2n) is 16.9. The zero-order valence-electron chi connectivity index (χ0n) is 36.8. The molecule has 0 radical (unpaired) electrons. The van der Waals surface area contributed by atoms with Gasteiger partial charge in [0.25, 0.3) is 0 Å². The standard InChI is InChI=1S/C48H92O6/c1-6-9-10-11-12-13-14-15-16-17-18-19-20-21-28-33-38-46(49)52-41-45(54-48(51)40-35-30-25-23-27-32-37-44(5)8-3)42-53-47(50)39-34-29-24-22-26-31-36-43(4)7-2/h43-45H,6-42H2,1-5H3/t43?,44?,45-/m0/s1. The molecule has 6 nitrogen and oxygen atoms in total. The molecule has 0 rings (SSSR count). The molecule has 0 aromatic rings. The molecule has 0 aromatic heterocycles. The highest BCUT2D eigenvalue weighted by Gasteiger charge is 2.19. The van der Waals surface area contributed by atoms with Crippen molar-refractivity contribution in [2.45, 2.75) is 265 Å². The van der Waals surface area contributed by atoms with Crippen molar-refractivity contribution in [3.05, 3.63) is 0 Å². The quantitative estimate of drug-likeness (QED) is 0.0350. The van der Waals surface area contributed by atoms with E-state index in [9.17, 15) is 14.4 Å². The molecule has 54 heavy (non-hydrogen) atoms. The van der Waals surface area contributed by atoms with E-state index in [0.717, 1.165) is 69.6 Å². The van der Waals surface area contributed by atoms with Crippen molar-refractivity contribution in [3.63, 3.8) is 0 Å². The number of unbranched alkanes of at least 4 members (excludes halogenated alkanes) is 25. The summed E-state index contributed by atoms with van der Waals surface area (Å²) < 4.78 is 16.7. The SMILES string of the molecule is CCCCCCCCCCCCCCCCCCC(=O)OC[C@@H](COC(=O)CCCCCCCCC(C)CC)OC(=O)CCCCCCCCC(C)CC. The molecule has 0 aliphatic carbocycles. The molecule has 3 atom stereocenters. The average Bonchev–Trinajstić information content (AvgIpc) is 3.17. The Morgan fingerprint density at radius 3 is 0.963 bits per heavy atom. The van der Waals surface area contributed by atoms with Crippen molar-refractivity contribution in [2.24, 2.45) is 11.8 Å². The average molecular weight is 765 g/mol.